The minimum Gasteiger partial charge on any atom is -0.396 e. The van der Waals surface area contributed by atoms with Gasteiger partial charge in [0, 0.05) is 22.9 Å². The Balaban J connectivity index is 1.65. The molecule has 1 heterocycles. The predicted octanol–water partition coefficient (Wildman–Crippen LogP) is 7.02. The van der Waals surface area contributed by atoms with Crippen molar-refractivity contribution in [2.24, 2.45) is 0 Å². The Morgan fingerprint density at radius 2 is 1.70 bits per heavy atom. The van der Waals surface area contributed by atoms with Gasteiger partial charge in [0.05, 0.1) is 17.3 Å². The van der Waals surface area contributed by atoms with Crippen LogP contribution in [0.1, 0.15) is 59.7 Å². The lowest BCUT2D eigenvalue weighted by molar-refractivity contribution is 0.172. The van der Waals surface area contributed by atoms with Crippen LogP contribution < -0.4 is 0 Å². The van der Waals surface area contributed by atoms with Gasteiger partial charge < -0.3 is 10.2 Å². The van der Waals surface area contributed by atoms with Gasteiger partial charge >= 0.3 is 0 Å². The SMILES string of the molecule is CCC(O)c1ccccc1[C@@H](CCO)c1cccc(C=Cc2ccc3ccc(Cl)cc3n2)c1. The molecular weight excluding hydrogens is 430 g/mol. The van der Waals surface area contributed by atoms with Crippen molar-refractivity contribution >= 4 is 34.7 Å². The first-order valence-corrected chi connectivity index (χ1v) is 11.7. The molecule has 3 aromatic carbocycles. The van der Waals surface area contributed by atoms with Crippen molar-refractivity contribution in [3.63, 3.8) is 0 Å². The molecule has 4 rings (SSSR count). The molecule has 3 nitrogen and oxygen atoms in total. The summed E-state index contributed by atoms with van der Waals surface area (Å²) in [5, 5.41) is 22.0. The maximum absolute atomic E-state index is 10.5. The van der Waals surface area contributed by atoms with Crippen LogP contribution in [0.25, 0.3) is 23.1 Å². The van der Waals surface area contributed by atoms with E-state index < -0.39 is 6.10 Å². The molecule has 0 saturated heterocycles. The molecule has 1 unspecified atom stereocenters. The number of pyridine rings is 1. The van der Waals surface area contributed by atoms with Crippen LogP contribution in [-0.2, 0) is 0 Å². The molecular formula is C29H28ClNO2. The quantitative estimate of drug-likeness (QED) is 0.299. The molecule has 0 saturated carbocycles. The van der Waals surface area contributed by atoms with E-state index in [0.29, 0.717) is 17.9 Å². The van der Waals surface area contributed by atoms with Gasteiger partial charge in [-0.15, -0.1) is 0 Å². The minimum absolute atomic E-state index is 0.00156. The van der Waals surface area contributed by atoms with Crippen LogP contribution in [0.2, 0.25) is 5.02 Å². The maximum Gasteiger partial charge on any atom is 0.0790 e. The Kier molecular flexibility index (Phi) is 7.56. The zero-order valence-electron chi connectivity index (χ0n) is 18.7. The first-order valence-electron chi connectivity index (χ1n) is 11.3. The van der Waals surface area contributed by atoms with E-state index in [0.717, 1.165) is 38.9 Å². The van der Waals surface area contributed by atoms with Crippen molar-refractivity contribution in [1.82, 2.24) is 4.98 Å². The van der Waals surface area contributed by atoms with Crippen molar-refractivity contribution in [3.8, 4) is 0 Å². The number of nitrogens with zero attached hydrogens (tertiary/aromatic N) is 1. The molecule has 0 bridgehead atoms. The van der Waals surface area contributed by atoms with Gasteiger partial charge in [-0.05, 0) is 59.4 Å². The minimum atomic E-state index is -0.516. The lowest BCUT2D eigenvalue weighted by Crippen LogP contribution is -2.09. The summed E-state index contributed by atoms with van der Waals surface area (Å²) in [7, 11) is 0. The highest BCUT2D eigenvalue weighted by Crippen LogP contribution is 2.34. The second-order valence-electron chi connectivity index (χ2n) is 8.19. The predicted molar refractivity (Wildman–Crippen MR) is 137 cm³/mol. The summed E-state index contributed by atoms with van der Waals surface area (Å²) in [6, 6.07) is 26.1. The highest BCUT2D eigenvalue weighted by Gasteiger charge is 2.20. The fourth-order valence-corrected chi connectivity index (χ4v) is 4.41. The van der Waals surface area contributed by atoms with Gasteiger partial charge in [-0.2, -0.15) is 0 Å². The van der Waals surface area contributed by atoms with Crippen LogP contribution in [0.3, 0.4) is 0 Å². The normalized spacial score (nSPS) is 13.5. The molecule has 4 aromatic rings. The van der Waals surface area contributed by atoms with Gasteiger partial charge in [-0.3, -0.25) is 0 Å². The molecule has 0 aliphatic heterocycles. The summed E-state index contributed by atoms with van der Waals surface area (Å²) in [6.45, 7) is 2.05. The summed E-state index contributed by atoms with van der Waals surface area (Å²) in [5.41, 5.74) is 5.89. The molecule has 0 aliphatic carbocycles. The third-order valence-corrected chi connectivity index (χ3v) is 6.21. The topological polar surface area (TPSA) is 53.4 Å². The zero-order chi connectivity index (χ0) is 23.2. The molecule has 0 amide bonds. The van der Waals surface area contributed by atoms with Gasteiger partial charge in [0.25, 0.3) is 0 Å². The zero-order valence-corrected chi connectivity index (χ0v) is 19.4. The Hall–Kier alpha value is -2.98. The smallest absolute Gasteiger partial charge is 0.0790 e. The van der Waals surface area contributed by atoms with Crippen LogP contribution in [0.5, 0.6) is 0 Å². The van der Waals surface area contributed by atoms with Crippen molar-refractivity contribution in [1.29, 1.82) is 0 Å². The number of fused-ring (bicyclic) bond motifs is 1. The van der Waals surface area contributed by atoms with Crippen LogP contribution in [0, 0.1) is 0 Å². The molecule has 0 fully saturated rings. The molecule has 0 radical (unpaired) electrons. The molecule has 0 spiro atoms. The molecule has 168 valence electrons. The van der Waals surface area contributed by atoms with Crippen LogP contribution in [-0.4, -0.2) is 21.8 Å². The number of halogens is 1. The van der Waals surface area contributed by atoms with E-state index in [-0.39, 0.29) is 12.5 Å². The summed E-state index contributed by atoms with van der Waals surface area (Å²) >= 11 is 6.12. The number of aromatic nitrogens is 1. The number of rotatable bonds is 8. The molecule has 2 atom stereocenters. The first kappa shape index (κ1) is 23.2. The van der Waals surface area contributed by atoms with Gasteiger partial charge in [-0.1, -0.05) is 85.3 Å². The number of hydrogen-bond acceptors (Lipinski definition) is 3. The Labute approximate surface area is 200 Å². The maximum atomic E-state index is 10.5. The van der Waals surface area contributed by atoms with Gasteiger partial charge in [0.2, 0.25) is 0 Å². The third kappa shape index (κ3) is 5.51. The number of benzene rings is 3. The Morgan fingerprint density at radius 1 is 0.909 bits per heavy atom. The number of hydrogen-bond donors (Lipinski definition) is 2. The molecule has 1 aromatic heterocycles. The van der Waals surface area contributed by atoms with Crippen LogP contribution in [0.15, 0.2) is 78.9 Å². The fourth-order valence-electron chi connectivity index (χ4n) is 4.24. The second-order valence-corrected chi connectivity index (χ2v) is 8.63. The summed E-state index contributed by atoms with van der Waals surface area (Å²) in [4.78, 5) is 4.69. The van der Waals surface area contributed by atoms with Gasteiger partial charge in [-0.25, -0.2) is 4.98 Å². The summed E-state index contributed by atoms with van der Waals surface area (Å²) < 4.78 is 0. The van der Waals surface area contributed by atoms with E-state index in [1.165, 1.54) is 0 Å². The largest absolute Gasteiger partial charge is 0.396 e. The molecule has 2 N–H and O–H groups in total. The van der Waals surface area contributed by atoms with Crippen LogP contribution >= 0.6 is 11.6 Å². The van der Waals surface area contributed by atoms with Crippen molar-refractivity contribution in [2.45, 2.75) is 31.8 Å². The van der Waals surface area contributed by atoms with Crippen LogP contribution in [0.4, 0.5) is 0 Å². The fraction of sp³-hybridized carbons (Fsp3) is 0.207. The van der Waals surface area contributed by atoms with Gasteiger partial charge in [0.15, 0.2) is 0 Å². The Morgan fingerprint density at radius 3 is 2.48 bits per heavy atom. The van der Waals surface area contributed by atoms with E-state index in [4.69, 9.17) is 16.6 Å². The number of aliphatic hydroxyl groups is 2. The first-order chi connectivity index (χ1) is 16.1. The lowest BCUT2D eigenvalue weighted by Gasteiger charge is -2.23. The Bertz CT molecular complexity index is 1270. The average molecular weight is 458 g/mol. The second kappa shape index (κ2) is 10.8. The van der Waals surface area contributed by atoms with Crippen molar-refractivity contribution in [2.75, 3.05) is 6.61 Å². The van der Waals surface area contributed by atoms with E-state index in [1.807, 2.05) is 73.7 Å². The molecule has 4 heteroatoms. The third-order valence-electron chi connectivity index (χ3n) is 5.97. The van der Waals surface area contributed by atoms with E-state index in [1.54, 1.807) is 0 Å². The van der Waals surface area contributed by atoms with Gasteiger partial charge in [0.1, 0.15) is 0 Å². The summed E-state index contributed by atoms with van der Waals surface area (Å²) in [6.07, 6.45) is 4.77. The van der Waals surface area contributed by atoms with Crippen molar-refractivity contribution < 1.29 is 10.2 Å². The van der Waals surface area contributed by atoms with Crippen molar-refractivity contribution in [3.05, 3.63) is 112 Å². The van der Waals surface area contributed by atoms with E-state index in [9.17, 15) is 10.2 Å². The molecule has 0 aliphatic rings. The number of aliphatic hydroxyl groups excluding tert-OH is 2. The average Bonchev–Trinajstić information content (AvgIpc) is 2.85. The monoisotopic (exact) mass is 457 g/mol. The highest BCUT2D eigenvalue weighted by atomic mass is 35.5. The highest BCUT2D eigenvalue weighted by molar-refractivity contribution is 6.31. The van der Waals surface area contributed by atoms with E-state index in [2.05, 4.69) is 24.3 Å². The van der Waals surface area contributed by atoms with E-state index >= 15 is 0 Å². The standard InChI is InChI=1S/C29H28ClNO2/c1-2-29(33)27-9-4-3-8-26(27)25(16-17-32)22-7-5-6-20(18-22)10-14-24-15-12-21-11-13-23(30)19-28(21)31-24/h3-15,18-19,25,29,32-33H,2,16-17H2,1H3/t25-,29?/m0/s1. The molecule has 33 heavy (non-hydrogen) atoms. The lowest BCUT2D eigenvalue weighted by atomic mass is 9.83. The summed E-state index contributed by atoms with van der Waals surface area (Å²) in [5.74, 6) is 0.00156.